The molecule has 0 saturated carbocycles. The summed E-state index contributed by atoms with van der Waals surface area (Å²) in [5.41, 5.74) is 5.67. The Hall–Kier alpha value is -1.43. The lowest BCUT2D eigenvalue weighted by molar-refractivity contribution is 0.515. The van der Waals surface area contributed by atoms with Gasteiger partial charge in [0, 0.05) is 23.7 Å². The SMILES string of the molecule is CCc1cc(CC(NN)c2ccc(F)cc2Cl)n(CC)n1. The molecule has 21 heavy (non-hydrogen) atoms. The zero-order chi connectivity index (χ0) is 15.4. The van der Waals surface area contributed by atoms with Crippen LogP contribution < -0.4 is 11.3 Å². The summed E-state index contributed by atoms with van der Waals surface area (Å²) in [6, 6.07) is 6.24. The van der Waals surface area contributed by atoms with Gasteiger partial charge in [0.15, 0.2) is 0 Å². The highest BCUT2D eigenvalue weighted by atomic mass is 35.5. The average molecular weight is 311 g/mol. The molecule has 4 nitrogen and oxygen atoms in total. The summed E-state index contributed by atoms with van der Waals surface area (Å²) >= 11 is 6.12. The molecule has 0 aliphatic heterocycles. The first kappa shape index (κ1) is 15.9. The minimum Gasteiger partial charge on any atom is -0.271 e. The van der Waals surface area contributed by atoms with E-state index in [1.807, 2.05) is 11.6 Å². The first-order valence-electron chi connectivity index (χ1n) is 7.05. The van der Waals surface area contributed by atoms with Gasteiger partial charge in [-0.1, -0.05) is 24.6 Å². The van der Waals surface area contributed by atoms with Crippen LogP contribution >= 0.6 is 11.6 Å². The number of nitrogens with two attached hydrogens (primary N) is 1. The summed E-state index contributed by atoms with van der Waals surface area (Å²) in [5.74, 6) is 5.30. The molecule has 0 amide bonds. The Bertz CT molecular complexity index is 612. The van der Waals surface area contributed by atoms with Crippen molar-refractivity contribution in [3.8, 4) is 0 Å². The van der Waals surface area contributed by atoms with Crippen LogP contribution in [0.4, 0.5) is 4.39 Å². The molecule has 3 N–H and O–H groups in total. The van der Waals surface area contributed by atoms with Crippen LogP contribution in [-0.2, 0) is 19.4 Å². The van der Waals surface area contributed by atoms with E-state index in [0.29, 0.717) is 11.4 Å². The monoisotopic (exact) mass is 310 g/mol. The van der Waals surface area contributed by atoms with Gasteiger partial charge in [-0.15, -0.1) is 0 Å². The standard InChI is InChI=1S/C15H20ClFN4/c1-3-11-8-12(21(4-2)20-11)9-15(19-18)13-6-5-10(17)7-14(13)16/h5-8,15,19H,3-4,9,18H2,1-2H3. The third kappa shape index (κ3) is 3.61. The lowest BCUT2D eigenvalue weighted by Crippen LogP contribution is -2.30. The Kier molecular flexibility index (Phi) is 5.33. The van der Waals surface area contributed by atoms with Crippen LogP contribution in [-0.4, -0.2) is 9.78 Å². The number of nitrogens with zero attached hydrogens (tertiary/aromatic N) is 2. The van der Waals surface area contributed by atoms with Crippen molar-refractivity contribution in [3.05, 3.63) is 52.1 Å². The lowest BCUT2D eigenvalue weighted by atomic mass is 10.0. The van der Waals surface area contributed by atoms with Crippen molar-refractivity contribution in [2.24, 2.45) is 5.84 Å². The highest BCUT2D eigenvalue weighted by molar-refractivity contribution is 6.31. The molecule has 0 aliphatic rings. The van der Waals surface area contributed by atoms with Crippen LogP contribution in [0.5, 0.6) is 0 Å². The number of hydrogen-bond acceptors (Lipinski definition) is 3. The molecule has 0 saturated heterocycles. The number of hydrogen-bond donors (Lipinski definition) is 2. The smallest absolute Gasteiger partial charge is 0.124 e. The first-order valence-corrected chi connectivity index (χ1v) is 7.43. The van der Waals surface area contributed by atoms with E-state index >= 15 is 0 Å². The summed E-state index contributed by atoms with van der Waals surface area (Å²) in [6.45, 7) is 4.91. The Morgan fingerprint density at radius 2 is 2.14 bits per heavy atom. The van der Waals surface area contributed by atoms with Crippen LogP contribution in [0, 0.1) is 5.82 Å². The van der Waals surface area contributed by atoms with E-state index in [-0.39, 0.29) is 11.9 Å². The maximum absolute atomic E-state index is 13.2. The highest BCUT2D eigenvalue weighted by Gasteiger charge is 2.17. The van der Waals surface area contributed by atoms with Gasteiger partial charge in [-0.2, -0.15) is 5.10 Å². The fourth-order valence-electron chi connectivity index (χ4n) is 2.38. The molecular weight excluding hydrogens is 291 g/mol. The molecular formula is C15H20ClFN4. The summed E-state index contributed by atoms with van der Waals surface area (Å²) in [4.78, 5) is 0. The third-order valence-electron chi connectivity index (χ3n) is 3.53. The van der Waals surface area contributed by atoms with Gasteiger partial charge in [0.25, 0.3) is 0 Å². The second kappa shape index (κ2) is 7.02. The van der Waals surface area contributed by atoms with Crippen molar-refractivity contribution in [2.75, 3.05) is 0 Å². The Morgan fingerprint density at radius 1 is 1.38 bits per heavy atom. The molecule has 0 bridgehead atoms. The predicted molar refractivity (Wildman–Crippen MR) is 82.5 cm³/mol. The van der Waals surface area contributed by atoms with Crippen molar-refractivity contribution in [3.63, 3.8) is 0 Å². The molecule has 0 spiro atoms. The van der Waals surface area contributed by atoms with Crippen LogP contribution in [0.3, 0.4) is 0 Å². The minimum atomic E-state index is -0.355. The molecule has 2 aromatic rings. The Labute approximate surface area is 129 Å². The Morgan fingerprint density at radius 3 is 2.71 bits per heavy atom. The van der Waals surface area contributed by atoms with Crippen LogP contribution in [0.25, 0.3) is 0 Å². The molecule has 6 heteroatoms. The van der Waals surface area contributed by atoms with Gasteiger partial charge < -0.3 is 0 Å². The van der Waals surface area contributed by atoms with Gasteiger partial charge in [-0.05, 0) is 37.1 Å². The molecule has 0 aliphatic carbocycles. The summed E-state index contributed by atoms with van der Waals surface area (Å²) < 4.78 is 15.1. The predicted octanol–water partition coefficient (Wildman–Crippen LogP) is 3.01. The zero-order valence-electron chi connectivity index (χ0n) is 12.2. The van der Waals surface area contributed by atoms with E-state index in [9.17, 15) is 4.39 Å². The third-order valence-corrected chi connectivity index (χ3v) is 3.86. The van der Waals surface area contributed by atoms with Crippen molar-refractivity contribution in [2.45, 2.75) is 39.3 Å². The molecule has 1 unspecified atom stereocenters. The second-order valence-electron chi connectivity index (χ2n) is 4.89. The van der Waals surface area contributed by atoms with E-state index < -0.39 is 0 Å². The van der Waals surface area contributed by atoms with E-state index in [1.165, 1.54) is 12.1 Å². The van der Waals surface area contributed by atoms with Crippen molar-refractivity contribution in [1.82, 2.24) is 15.2 Å². The van der Waals surface area contributed by atoms with Crippen molar-refractivity contribution < 1.29 is 4.39 Å². The molecule has 0 radical (unpaired) electrons. The molecule has 1 aromatic carbocycles. The summed E-state index contributed by atoms with van der Waals surface area (Å²) in [5, 5.41) is 4.89. The first-order chi connectivity index (χ1) is 10.1. The normalized spacial score (nSPS) is 12.6. The summed E-state index contributed by atoms with van der Waals surface area (Å²) in [6.07, 6.45) is 1.53. The maximum atomic E-state index is 13.2. The molecule has 114 valence electrons. The highest BCUT2D eigenvalue weighted by Crippen LogP contribution is 2.26. The van der Waals surface area contributed by atoms with Crippen LogP contribution in [0.1, 0.15) is 36.8 Å². The van der Waals surface area contributed by atoms with Crippen molar-refractivity contribution >= 4 is 11.6 Å². The van der Waals surface area contributed by atoms with E-state index in [4.69, 9.17) is 17.4 Å². The summed E-state index contributed by atoms with van der Waals surface area (Å²) in [7, 11) is 0. The second-order valence-corrected chi connectivity index (χ2v) is 5.29. The fraction of sp³-hybridized carbons (Fsp3) is 0.400. The quantitative estimate of drug-likeness (QED) is 0.637. The lowest BCUT2D eigenvalue weighted by Gasteiger charge is -2.18. The number of aromatic nitrogens is 2. The van der Waals surface area contributed by atoms with Crippen LogP contribution in [0.15, 0.2) is 24.3 Å². The number of nitrogens with one attached hydrogen (secondary N) is 1. The van der Waals surface area contributed by atoms with Gasteiger partial charge in [0.05, 0.1) is 11.7 Å². The topological polar surface area (TPSA) is 55.9 Å². The number of halogens is 2. The molecule has 2 rings (SSSR count). The number of aryl methyl sites for hydroxylation is 2. The molecule has 0 fully saturated rings. The van der Waals surface area contributed by atoms with E-state index in [0.717, 1.165) is 29.9 Å². The Balaban J connectivity index is 2.28. The molecule has 1 aromatic heterocycles. The van der Waals surface area contributed by atoms with Gasteiger partial charge in [-0.3, -0.25) is 16.0 Å². The largest absolute Gasteiger partial charge is 0.271 e. The number of rotatable bonds is 6. The fourth-order valence-corrected chi connectivity index (χ4v) is 2.68. The average Bonchev–Trinajstić information content (AvgIpc) is 2.87. The zero-order valence-corrected chi connectivity index (χ0v) is 13.0. The van der Waals surface area contributed by atoms with Gasteiger partial charge >= 0.3 is 0 Å². The molecule has 1 heterocycles. The van der Waals surface area contributed by atoms with Crippen molar-refractivity contribution in [1.29, 1.82) is 0 Å². The van der Waals surface area contributed by atoms with E-state index in [2.05, 4.69) is 23.5 Å². The maximum Gasteiger partial charge on any atom is 0.124 e. The molecule has 1 atom stereocenters. The number of benzene rings is 1. The van der Waals surface area contributed by atoms with Gasteiger partial charge in [-0.25, -0.2) is 4.39 Å². The van der Waals surface area contributed by atoms with Crippen LogP contribution in [0.2, 0.25) is 5.02 Å². The number of hydrazine groups is 1. The van der Waals surface area contributed by atoms with E-state index in [1.54, 1.807) is 6.07 Å². The van der Waals surface area contributed by atoms with Gasteiger partial charge in [0.2, 0.25) is 0 Å². The van der Waals surface area contributed by atoms with Gasteiger partial charge in [0.1, 0.15) is 5.82 Å². The minimum absolute atomic E-state index is 0.190.